The maximum absolute atomic E-state index is 12.3. The van der Waals surface area contributed by atoms with Gasteiger partial charge in [0.25, 0.3) is 0 Å². The molecule has 0 bridgehead atoms. The van der Waals surface area contributed by atoms with Crippen LogP contribution in [0.4, 0.5) is 0 Å². The average Bonchev–Trinajstić information content (AvgIpc) is 3.04. The second-order valence-electron chi connectivity index (χ2n) is 5.16. The van der Waals surface area contributed by atoms with Gasteiger partial charge in [-0.1, -0.05) is 0 Å². The molecule has 1 saturated heterocycles. The topological polar surface area (TPSA) is 37.6 Å². The number of likely N-dealkylation sites (tertiary alicyclic amines) is 1. The van der Waals surface area contributed by atoms with Crippen molar-refractivity contribution in [3.8, 4) is 0 Å². The summed E-state index contributed by atoms with van der Waals surface area (Å²) in [5, 5.41) is 2.07. The second-order valence-corrected chi connectivity index (χ2v) is 6.43. The number of aryl methyl sites for hydroxylation is 1. The van der Waals surface area contributed by atoms with E-state index >= 15 is 0 Å². The summed E-state index contributed by atoms with van der Waals surface area (Å²) in [5.74, 6) is 1.53. The predicted molar refractivity (Wildman–Crippen MR) is 81.4 cm³/mol. The maximum Gasteiger partial charge on any atom is 0.224 e. The van der Waals surface area contributed by atoms with Crippen LogP contribution in [0.25, 0.3) is 4.83 Å². The number of aromatic nitrogens is 2. The van der Waals surface area contributed by atoms with Crippen LogP contribution < -0.4 is 0 Å². The Morgan fingerprint density at radius 3 is 3.20 bits per heavy atom. The minimum atomic E-state index is 0.113. The smallest absolute Gasteiger partial charge is 0.224 e. The van der Waals surface area contributed by atoms with Crippen molar-refractivity contribution in [2.24, 2.45) is 0 Å². The van der Waals surface area contributed by atoms with E-state index < -0.39 is 0 Å². The zero-order chi connectivity index (χ0) is 14.1. The molecule has 0 aromatic carbocycles. The molecule has 3 rings (SSSR count). The number of nitrogens with zero attached hydrogens (tertiary/aromatic N) is 3. The van der Waals surface area contributed by atoms with E-state index in [-0.39, 0.29) is 11.9 Å². The van der Waals surface area contributed by atoms with Gasteiger partial charge in [-0.2, -0.15) is 0 Å². The molecule has 1 fully saturated rings. The Morgan fingerprint density at radius 2 is 2.40 bits per heavy atom. The van der Waals surface area contributed by atoms with Gasteiger partial charge in [0.05, 0.1) is 11.7 Å². The van der Waals surface area contributed by atoms with Crippen LogP contribution in [0.2, 0.25) is 0 Å². The van der Waals surface area contributed by atoms with Crippen molar-refractivity contribution >= 4 is 33.7 Å². The lowest BCUT2D eigenvalue weighted by atomic mass is 9.99. The van der Waals surface area contributed by atoms with Gasteiger partial charge in [-0.15, -0.1) is 22.9 Å². The Bertz CT molecular complexity index is 621. The molecule has 1 unspecified atom stereocenters. The summed E-state index contributed by atoms with van der Waals surface area (Å²) in [7, 11) is 0. The number of halogens is 1. The van der Waals surface area contributed by atoms with E-state index in [9.17, 15) is 4.79 Å². The van der Waals surface area contributed by atoms with Crippen LogP contribution in [0.3, 0.4) is 0 Å². The van der Waals surface area contributed by atoms with Crippen molar-refractivity contribution < 1.29 is 4.79 Å². The predicted octanol–water partition coefficient (Wildman–Crippen LogP) is 3.39. The minimum Gasteiger partial charge on any atom is -0.334 e. The average molecular weight is 312 g/mol. The van der Waals surface area contributed by atoms with Crippen LogP contribution >= 0.6 is 22.9 Å². The Kier molecular flexibility index (Phi) is 3.98. The van der Waals surface area contributed by atoms with Crippen LogP contribution in [0.5, 0.6) is 0 Å². The molecule has 0 radical (unpaired) electrons. The number of fused-ring (bicyclic) bond motifs is 1. The van der Waals surface area contributed by atoms with Gasteiger partial charge in [-0.3, -0.25) is 9.20 Å². The first-order valence-corrected chi connectivity index (χ1v) is 8.41. The third-order valence-electron chi connectivity index (χ3n) is 3.91. The number of hydrogen-bond acceptors (Lipinski definition) is 3. The van der Waals surface area contributed by atoms with E-state index in [2.05, 4.69) is 9.78 Å². The Labute approximate surface area is 127 Å². The van der Waals surface area contributed by atoms with Crippen LogP contribution in [0, 0.1) is 6.92 Å². The molecule has 6 heteroatoms. The highest BCUT2D eigenvalue weighted by Gasteiger charge is 2.31. The molecular weight excluding hydrogens is 294 g/mol. The van der Waals surface area contributed by atoms with Gasteiger partial charge in [0, 0.05) is 30.4 Å². The van der Waals surface area contributed by atoms with Crippen LogP contribution in [-0.4, -0.2) is 32.6 Å². The molecule has 2 aromatic rings. The second kappa shape index (κ2) is 5.74. The van der Waals surface area contributed by atoms with E-state index in [4.69, 9.17) is 16.6 Å². The number of amides is 1. The lowest BCUT2D eigenvalue weighted by Crippen LogP contribution is -2.38. The highest BCUT2D eigenvalue weighted by atomic mass is 35.5. The van der Waals surface area contributed by atoms with Gasteiger partial charge in [0.2, 0.25) is 5.91 Å². The van der Waals surface area contributed by atoms with Crippen LogP contribution in [0.15, 0.2) is 11.6 Å². The van der Waals surface area contributed by atoms with Crippen molar-refractivity contribution in [2.75, 3.05) is 12.4 Å². The fourth-order valence-electron chi connectivity index (χ4n) is 2.95. The maximum atomic E-state index is 12.3. The standard InChI is InChI=1S/C14H18ClN3OS/c1-10-16-13(14-17(10)8-9-20-14)11-4-2-3-7-18(11)12(19)5-6-15/h8-9,11H,2-7H2,1H3. The molecule has 0 N–H and O–H groups in total. The van der Waals surface area contributed by atoms with Gasteiger partial charge >= 0.3 is 0 Å². The number of rotatable bonds is 3. The Morgan fingerprint density at radius 1 is 1.55 bits per heavy atom. The molecule has 2 aromatic heterocycles. The summed E-state index contributed by atoms with van der Waals surface area (Å²) >= 11 is 7.42. The highest BCUT2D eigenvalue weighted by molar-refractivity contribution is 7.15. The van der Waals surface area contributed by atoms with Crippen molar-refractivity contribution in [1.82, 2.24) is 14.3 Å². The van der Waals surface area contributed by atoms with E-state index in [0.29, 0.717) is 12.3 Å². The fraction of sp³-hybridized carbons (Fsp3) is 0.571. The van der Waals surface area contributed by atoms with Gasteiger partial charge in [0.15, 0.2) is 0 Å². The third-order valence-corrected chi connectivity index (χ3v) is 4.98. The van der Waals surface area contributed by atoms with Crippen LogP contribution in [0.1, 0.15) is 43.2 Å². The lowest BCUT2D eigenvalue weighted by molar-refractivity contribution is -0.134. The number of piperidine rings is 1. The van der Waals surface area contributed by atoms with Crippen molar-refractivity contribution in [2.45, 2.75) is 38.6 Å². The quantitative estimate of drug-likeness (QED) is 0.815. The highest BCUT2D eigenvalue weighted by Crippen LogP contribution is 2.35. The third kappa shape index (κ3) is 2.33. The summed E-state index contributed by atoms with van der Waals surface area (Å²) in [5.41, 5.74) is 1.06. The van der Waals surface area contributed by atoms with Crippen molar-refractivity contribution in [1.29, 1.82) is 0 Å². The number of carbonyl (C=O) groups excluding carboxylic acids is 1. The molecule has 0 spiro atoms. The summed E-state index contributed by atoms with van der Waals surface area (Å²) in [6.45, 7) is 2.83. The van der Waals surface area contributed by atoms with E-state index in [1.165, 1.54) is 0 Å². The molecule has 1 amide bonds. The fourth-order valence-corrected chi connectivity index (χ4v) is 4.03. The molecule has 0 aliphatic carbocycles. The molecule has 3 heterocycles. The van der Waals surface area contributed by atoms with Crippen molar-refractivity contribution in [3.05, 3.63) is 23.1 Å². The first kappa shape index (κ1) is 13.9. The zero-order valence-corrected chi connectivity index (χ0v) is 13.1. The monoisotopic (exact) mass is 311 g/mol. The normalized spacial score (nSPS) is 19.7. The molecule has 4 nitrogen and oxygen atoms in total. The first-order chi connectivity index (χ1) is 9.72. The summed E-state index contributed by atoms with van der Waals surface area (Å²) in [6.07, 6.45) is 5.68. The van der Waals surface area contributed by atoms with Gasteiger partial charge in [-0.25, -0.2) is 4.98 Å². The number of imidazole rings is 1. The molecule has 1 aliphatic heterocycles. The van der Waals surface area contributed by atoms with Crippen LogP contribution in [-0.2, 0) is 4.79 Å². The van der Waals surface area contributed by atoms with Gasteiger partial charge in [0.1, 0.15) is 10.7 Å². The molecule has 1 aliphatic rings. The number of alkyl halides is 1. The van der Waals surface area contributed by atoms with E-state index in [1.54, 1.807) is 11.3 Å². The summed E-state index contributed by atoms with van der Waals surface area (Å²) < 4.78 is 2.11. The largest absolute Gasteiger partial charge is 0.334 e. The zero-order valence-electron chi connectivity index (χ0n) is 11.5. The van der Waals surface area contributed by atoms with Gasteiger partial charge < -0.3 is 4.90 Å². The van der Waals surface area contributed by atoms with Gasteiger partial charge in [-0.05, 0) is 26.2 Å². The molecule has 1 atom stereocenters. The Balaban J connectivity index is 1.97. The van der Waals surface area contributed by atoms with E-state index in [0.717, 1.165) is 42.2 Å². The SMILES string of the molecule is Cc1nc(C2CCCCN2C(=O)CCCl)c2sccn12. The Hall–Kier alpha value is -1.07. The molecular formula is C14H18ClN3OS. The molecule has 0 saturated carbocycles. The number of hydrogen-bond donors (Lipinski definition) is 0. The minimum absolute atomic E-state index is 0.113. The van der Waals surface area contributed by atoms with E-state index in [1.807, 2.05) is 18.0 Å². The lowest BCUT2D eigenvalue weighted by Gasteiger charge is -2.34. The first-order valence-electron chi connectivity index (χ1n) is 7.00. The summed E-state index contributed by atoms with van der Waals surface area (Å²) in [6, 6.07) is 0.113. The summed E-state index contributed by atoms with van der Waals surface area (Å²) in [4.78, 5) is 20.1. The molecule has 108 valence electrons. The number of thiazole rings is 1. The molecule has 20 heavy (non-hydrogen) atoms. The number of carbonyl (C=O) groups is 1. The van der Waals surface area contributed by atoms with Crippen molar-refractivity contribution in [3.63, 3.8) is 0 Å².